The average molecular weight is 465 g/mol. The number of amides is 1. The lowest BCUT2D eigenvalue weighted by atomic mass is 10.1. The first-order chi connectivity index (χ1) is 15.9. The van der Waals surface area contributed by atoms with E-state index >= 15 is 0 Å². The molecule has 4 aromatic rings. The highest BCUT2D eigenvalue weighted by Gasteiger charge is 2.10. The Labute approximate surface area is 192 Å². The van der Waals surface area contributed by atoms with Gasteiger partial charge in [0, 0.05) is 18.2 Å². The van der Waals surface area contributed by atoms with E-state index in [-0.39, 0.29) is 17.4 Å². The van der Waals surface area contributed by atoms with Crippen LogP contribution in [0.4, 0.5) is 0 Å². The van der Waals surface area contributed by atoms with E-state index in [9.17, 15) is 13.2 Å². The third-order valence-electron chi connectivity index (χ3n) is 5.09. The first kappa shape index (κ1) is 22.5. The quantitative estimate of drug-likeness (QED) is 0.382. The van der Waals surface area contributed by atoms with Crippen molar-refractivity contribution in [1.29, 1.82) is 0 Å². The zero-order valence-corrected chi connectivity index (χ0v) is 19.0. The zero-order chi connectivity index (χ0) is 23.3. The number of hydrogen-bond donors (Lipinski definition) is 1. The zero-order valence-electron chi connectivity index (χ0n) is 18.1. The van der Waals surface area contributed by atoms with Crippen LogP contribution in [0.15, 0.2) is 77.8 Å². The van der Waals surface area contributed by atoms with Gasteiger partial charge < -0.3 is 10.1 Å². The van der Waals surface area contributed by atoms with Crippen LogP contribution in [-0.4, -0.2) is 48.7 Å². The summed E-state index contributed by atoms with van der Waals surface area (Å²) in [7, 11) is -3.30. The number of rotatable bonds is 9. The van der Waals surface area contributed by atoms with Gasteiger partial charge in [-0.25, -0.2) is 13.1 Å². The van der Waals surface area contributed by atoms with Crippen LogP contribution in [0.1, 0.15) is 12.1 Å². The van der Waals surface area contributed by atoms with Crippen molar-refractivity contribution in [2.75, 3.05) is 19.4 Å². The Kier molecular flexibility index (Phi) is 6.69. The van der Waals surface area contributed by atoms with Gasteiger partial charge in [0.05, 0.1) is 22.5 Å². The molecule has 1 amide bonds. The van der Waals surface area contributed by atoms with Gasteiger partial charge in [-0.05, 0) is 42.5 Å². The average Bonchev–Trinajstić information content (AvgIpc) is 3.29. The first-order valence-corrected chi connectivity index (χ1v) is 12.4. The van der Waals surface area contributed by atoms with Crippen LogP contribution in [0, 0.1) is 0 Å². The van der Waals surface area contributed by atoms with Gasteiger partial charge in [0.1, 0.15) is 5.75 Å². The monoisotopic (exact) mass is 464 g/mol. The number of carbonyl (C=O) groups is 1. The molecule has 1 aromatic heterocycles. The van der Waals surface area contributed by atoms with Crippen LogP contribution in [0.2, 0.25) is 0 Å². The smallest absolute Gasteiger partial charge is 0.257 e. The second-order valence-corrected chi connectivity index (χ2v) is 9.66. The van der Waals surface area contributed by atoms with E-state index in [1.807, 2.05) is 42.5 Å². The van der Waals surface area contributed by atoms with Gasteiger partial charge >= 0.3 is 0 Å². The van der Waals surface area contributed by atoms with Crippen LogP contribution in [-0.2, 0) is 21.1 Å². The topological polar surface area (TPSA) is 103 Å². The van der Waals surface area contributed by atoms with Crippen LogP contribution in [0.25, 0.3) is 16.5 Å². The lowest BCUT2D eigenvalue weighted by molar-refractivity contribution is -0.123. The number of carbonyl (C=O) groups excluding carboxylic acids is 1. The Hall–Kier alpha value is -3.72. The normalized spacial score (nSPS) is 11.4. The van der Waals surface area contributed by atoms with Gasteiger partial charge in [-0.1, -0.05) is 47.7 Å². The number of fused-ring (bicyclic) bond motifs is 1. The second-order valence-electron chi connectivity index (χ2n) is 7.64. The van der Waals surface area contributed by atoms with Gasteiger partial charge in [-0.15, -0.1) is 5.10 Å². The second kappa shape index (κ2) is 9.83. The van der Waals surface area contributed by atoms with Crippen LogP contribution in [0.3, 0.4) is 0 Å². The maximum Gasteiger partial charge on any atom is 0.257 e. The SMILES string of the molecule is CS(=O)(=O)c1cccc(-n2cc(CCCNC(=O)COc3cccc4ccccc34)nn2)c1. The minimum atomic E-state index is -3.30. The summed E-state index contributed by atoms with van der Waals surface area (Å²) in [6, 6.07) is 20.2. The van der Waals surface area contributed by atoms with E-state index in [1.54, 1.807) is 35.1 Å². The minimum absolute atomic E-state index is 0.0547. The Balaban J connectivity index is 1.24. The molecule has 0 fully saturated rings. The van der Waals surface area contributed by atoms with Gasteiger partial charge in [0.25, 0.3) is 5.91 Å². The Morgan fingerprint density at radius 3 is 2.70 bits per heavy atom. The molecule has 0 saturated carbocycles. The molecule has 0 aliphatic carbocycles. The molecule has 0 unspecified atom stereocenters. The third kappa shape index (κ3) is 5.75. The maximum absolute atomic E-state index is 12.1. The highest BCUT2D eigenvalue weighted by Crippen LogP contribution is 2.24. The number of aryl methyl sites for hydroxylation is 1. The molecule has 170 valence electrons. The van der Waals surface area contributed by atoms with Crippen molar-refractivity contribution in [2.45, 2.75) is 17.7 Å². The fraction of sp³-hybridized carbons (Fsp3) is 0.208. The van der Waals surface area contributed by atoms with Crippen molar-refractivity contribution in [3.05, 3.63) is 78.6 Å². The molecule has 3 aromatic carbocycles. The van der Waals surface area contributed by atoms with E-state index in [0.717, 1.165) is 16.5 Å². The summed E-state index contributed by atoms with van der Waals surface area (Å²) in [5.41, 5.74) is 1.37. The van der Waals surface area contributed by atoms with Crippen LogP contribution in [0.5, 0.6) is 5.75 Å². The van der Waals surface area contributed by atoms with Crippen molar-refractivity contribution < 1.29 is 17.9 Å². The largest absolute Gasteiger partial charge is 0.483 e. The fourth-order valence-electron chi connectivity index (χ4n) is 3.41. The van der Waals surface area contributed by atoms with Crippen LogP contribution >= 0.6 is 0 Å². The van der Waals surface area contributed by atoms with Crippen molar-refractivity contribution in [3.63, 3.8) is 0 Å². The molecule has 0 spiro atoms. The molecule has 8 nitrogen and oxygen atoms in total. The number of sulfone groups is 1. The summed E-state index contributed by atoms with van der Waals surface area (Å²) < 4.78 is 30.7. The molecule has 33 heavy (non-hydrogen) atoms. The summed E-state index contributed by atoms with van der Waals surface area (Å²) in [5, 5.41) is 13.1. The number of nitrogens with zero attached hydrogens (tertiary/aromatic N) is 3. The third-order valence-corrected chi connectivity index (χ3v) is 6.20. The van der Waals surface area contributed by atoms with Crippen molar-refractivity contribution in [2.24, 2.45) is 0 Å². The Morgan fingerprint density at radius 1 is 1.06 bits per heavy atom. The van der Waals surface area contributed by atoms with Gasteiger partial charge in [-0.3, -0.25) is 4.79 Å². The summed E-state index contributed by atoms with van der Waals surface area (Å²) in [6.45, 7) is 0.426. The molecule has 0 saturated heterocycles. The Bertz CT molecular complexity index is 1380. The van der Waals surface area contributed by atoms with Gasteiger partial charge in [-0.2, -0.15) is 0 Å². The molecular weight excluding hydrogens is 440 g/mol. The minimum Gasteiger partial charge on any atom is -0.483 e. The Morgan fingerprint density at radius 2 is 1.85 bits per heavy atom. The molecule has 0 radical (unpaired) electrons. The molecular formula is C24H24N4O4S. The van der Waals surface area contributed by atoms with Crippen molar-refractivity contribution in [1.82, 2.24) is 20.3 Å². The fourth-order valence-corrected chi connectivity index (χ4v) is 4.07. The molecule has 0 bridgehead atoms. The molecule has 9 heteroatoms. The van der Waals surface area contributed by atoms with E-state index in [1.165, 1.54) is 6.26 Å². The van der Waals surface area contributed by atoms with E-state index in [4.69, 9.17) is 4.74 Å². The highest BCUT2D eigenvalue weighted by molar-refractivity contribution is 7.90. The van der Waals surface area contributed by atoms with E-state index in [0.29, 0.717) is 30.8 Å². The highest BCUT2D eigenvalue weighted by atomic mass is 32.2. The molecule has 1 N–H and O–H groups in total. The predicted molar refractivity (Wildman–Crippen MR) is 125 cm³/mol. The first-order valence-electron chi connectivity index (χ1n) is 10.5. The number of benzene rings is 3. The molecule has 0 aliphatic heterocycles. The standard InChI is InChI=1S/C24H24N4O4S/c1-33(30,31)21-11-5-10-20(15-21)28-16-19(26-27-28)9-6-14-25-24(29)17-32-23-13-4-8-18-7-2-3-12-22(18)23/h2-5,7-8,10-13,15-16H,6,9,14,17H2,1H3,(H,25,29). The molecule has 1 heterocycles. The molecule has 0 atom stereocenters. The molecule has 0 aliphatic rings. The number of ether oxygens (including phenoxy) is 1. The van der Waals surface area contributed by atoms with Crippen molar-refractivity contribution in [3.8, 4) is 11.4 Å². The summed E-state index contributed by atoms with van der Waals surface area (Å²) in [5.74, 6) is 0.490. The molecule has 4 rings (SSSR count). The van der Waals surface area contributed by atoms with E-state index in [2.05, 4.69) is 15.6 Å². The summed E-state index contributed by atoms with van der Waals surface area (Å²) in [6.07, 6.45) is 4.23. The number of aromatic nitrogens is 3. The lowest BCUT2D eigenvalue weighted by Crippen LogP contribution is -2.29. The number of hydrogen-bond acceptors (Lipinski definition) is 6. The predicted octanol–water partition coefficient (Wildman–Crippen LogP) is 2.95. The van der Waals surface area contributed by atoms with Crippen molar-refractivity contribution >= 4 is 26.5 Å². The number of nitrogens with one attached hydrogen (secondary N) is 1. The summed E-state index contributed by atoms with van der Waals surface area (Å²) in [4.78, 5) is 12.4. The maximum atomic E-state index is 12.1. The lowest BCUT2D eigenvalue weighted by Gasteiger charge is -2.09. The van der Waals surface area contributed by atoms with Crippen LogP contribution < -0.4 is 10.1 Å². The van der Waals surface area contributed by atoms with Gasteiger partial charge in [0.2, 0.25) is 0 Å². The summed E-state index contributed by atoms with van der Waals surface area (Å²) >= 11 is 0. The van der Waals surface area contributed by atoms with E-state index < -0.39 is 9.84 Å². The van der Waals surface area contributed by atoms with Gasteiger partial charge in [0.15, 0.2) is 16.4 Å².